The number of ketones is 1. The fourth-order valence-corrected chi connectivity index (χ4v) is 4.73. The summed E-state index contributed by atoms with van der Waals surface area (Å²) in [6.07, 6.45) is 1.50. The quantitative estimate of drug-likeness (QED) is 0.239. The van der Waals surface area contributed by atoms with Gasteiger partial charge < -0.3 is 14.5 Å². The van der Waals surface area contributed by atoms with Crippen LogP contribution in [0.3, 0.4) is 0 Å². The van der Waals surface area contributed by atoms with Crippen LogP contribution in [0.4, 0.5) is 14.5 Å². The van der Waals surface area contributed by atoms with Crippen molar-refractivity contribution < 1.29 is 27.9 Å². The highest BCUT2D eigenvalue weighted by atomic mass is 19.1. The van der Waals surface area contributed by atoms with Crippen molar-refractivity contribution >= 4 is 23.3 Å². The van der Waals surface area contributed by atoms with E-state index < -0.39 is 24.2 Å². The van der Waals surface area contributed by atoms with Gasteiger partial charge in [-0.05, 0) is 62.4 Å². The summed E-state index contributed by atoms with van der Waals surface area (Å²) in [5.74, 6) is -2.18. The van der Waals surface area contributed by atoms with Crippen molar-refractivity contribution in [2.24, 2.45) is 0 Å². The van der Waals surface area contributed by atoms with Crippen molar-refractivity contribution in [3.63, 3.8) is 0 Å². The number of benzene rings is 3. The summed E-state index contributed by atoms with van der Waals surface area (Å²) in [6.45, 7) is 4.26. The Morgan fingerprint density at radius 3 is 2.32 bits per heavy atom. The van der Waals surface area contributed by atoms with Crippen LogP contribution in [0, 0.1) is 18.6 Å². The third kappa shape index (κ3) is 6.16. The number of nitrogens with zero attached hydrogens (tertiary/aromatic N) is 4. The van der Waals surface area contributed by atoms with Gasteiger partial charge in [0.25, 0.3) is 5.91 Å². The number of aryl methyl sites for hydroxylation is 1. The van der Waals surface area contributed by atoms with Gasteiger partial charge in [-0.3, -0.25) is 9.59 Å². The van der Waals surface area contributed by atoms with Crippen LogP contribution < -0.4 is 4.90 Å². The maximum absolute atomic E-state index is 14.6. The molecule has 0 radical (unpaired) electrons. The predicted molar refractivity (Wildman–Crippen MR) is 149 cm³/mol. The van der Waals surface area contributed by atoms with Gasteiger partial charge in [0.15, 0.2) is 12.4 Å². The summed E-state index contributed by atoms with van der Waals surface area (Å²) in [7, 11) is 0. The number of anilines is 1. The maximum Gasteiger partial charge on any atom is 0.342 e. The first-order chi connectivity index (χ1) is 19.7. The molecule has 10 heteroatoms. The van der Waals surface area contributed by atoms with E-state index in [1.54, 1.807) is 29.2 Å². The van der Waals surface area contributed by atoms with Crippen molar-refractivity contribution in [3.05, 3.63) is 101 Å². The highest BCUT2D eigenvalue weighted by Crippen LogP contribution is 2.26. The lowest BCUT2D eigenvalue weighted by atomic mass is 10.1. The minimum absolute atomic E-state index is 0.169. The topological polar surface area (TPSA) is 84.7 Å². The van der Waals surface area contributed by atoms with Crippen molar-refractivity contribution in [1.29, 1.82) is 0 Å². The Labute approximate surface area is 235 Å². The van der Waals surface area contributed by atoms with Crippen LogP contribution in [-0.2, 0) is 9.53 Å². The lowest BCUT2D eigenvalue weighted by Gasteiger charge is -2.36. The average molecular weight is 559 g/mol. The number of hydrogen-bond acceptors (Lipinski definition) is 6. The smallest absolute Gasteiger partial charge is 0.342 e. The first kappa shape index (κ1) is 27.7. The fourth-order valence-electron chi connectivity index (χ4n) is 4.73. The largest absolute Gasteiger partial charge is 0.452 e. The monoisotopic (exact) mass is 558 g/mol. The Morgan fingerprint density at radius 2 is 1.66 bits per heavy atom. The van der Waals surface area contributed by atoms with E-state index in [0.717, 1.165) is 5.56 Å². The molecule has 0 saturated carbocycles. The zero-order valence-electron chi connectivity index (χ0n) is 22.6. The van der Waals surface area contributed by atoms with E-state index >= 15 is 0 Å². The summed E-state index contributed by atoms with van der Waals surface area (Å²) in [4.78, 5) is 40.9. The highest BCUT2D eigenvalue weighted by molar-refractivity contribution is 5.97. The number of aromatic nitrogens is 2. The molecule has 2 heterocycles. The summed E-state index contributed by atoms with van der Waals surface area (Å²) >= 11 is 0. The fraction of sp³-hybridized carbons (Fsp3) is 0.226. The molecule has 1 amide bonds. The second-order valence-electron chi connectivity index (χ2n) is 9.85. The number of halogens is 2. The lowest BCUT2D eigenvalue weighted by Crippen LogP contribution is -2.50. The molecule has 3 aromatic carbocycles. The van der Waals surface area contributed by atoms with Crippen LogP contribution in [0.5, 0.6) is 0 Å². The molecule has 0 spiro atoms. The van der Waals surface area contributed by atoms with Crippen molar-refractivity contribution in [2.45, 2.75) is 13.8 Å². The van der Waals surface area contributed by atoms with Crippen LogP contribution >= 0.6 is 0 Å². The predicted octanol–water partition coefficient (Wildman–Crippen LogP) is 4.83. The van der Waals surface area contributed by atoms with Crippen LogP contribution in [0.15, 0.2) is 72.9 Å². The van der Waals surface area contributed by atoms with Gasteiger partial charge in [-0.1, -0.05) is 23.8 Å². The van der Waals surface area contributed by atoms with Gasteiger partial charge in [0.2, 0.25) is 0 Å². The normalized spacial score (nSPS) is 13.3. The van der Waals surface area contributed by atoms with Crippen LogP contribution in [0.1, 0.15) is 33.2 Å². The van der Waals surface area contributed by atoms with E-state index in [1.807, 2.05) is 36.1 Å². The van der Waals surface area contributed by atoms with Gasteiger partial charge in [0.1, 0.15) is 22.9 Å². The third-order valence-corrected chi connectivity index (χ3v) is 6.97. The number of carbonyl (C=O) groups is 3. The van der Waals surface area contributed by atoms with Gasteiger partial charge >= 0.3 is 5.97 Å². The van der Waals surface area contributed by atoms with Gasteiger partial charge in [-0.25, -0.2) is 18.3 Å². The molecule has 1 aliphatic heterocycles. The molecule has 41 heavy (non-hydrogen) atoms. The van der Waals surface area contributed by atoms with Crippen LogP contribution in [-0.4, -0.2) is 65.1 Å². The molecular formula is C31H28F2N4O4. The number of ether oxygens (including phenoxy) is 1. The Hall–Kier alpha value is -4.86. The van der Waals surface area contributed by atoms with E-state index in [0.29, 0.717) is 54.4 Å². The number of piperazine rings is 1. The SMILES string of the molecule is CC(=O)c1ccc(N2CCN(C(=O)COC(=O)c3cn(-c4ccc(F)cc4)nc3-c3cccc(C)c3)CC2)c(F)c1. The number of rotatable bonds is 7. The first-order valence-electron chi connectivity index (χ1n) is 13.1. The zero-order chi connectivity index (χ0) is 29.1. The summed E-state index contributed by atoms with van der Waals surface area (Å²) in [6, 6.07) is 17.5. The Morgan fingerprint density at radius 1 is 0.927 bits per heavy atom. The van der Waals surface area contributed by atoms with E-state index in [1.165, 1.54) is 36.0 Å². The average Bonchev–Trinajstić information content (AvgIpc) is 3.42. The van der Waals surface area contributed by atoms with Gasteiger partial charge in [0.05, 0.1) is 11.4 Å². The van der Waals surface area contributed by atoms with E-state index in [2.05, 4.69) is 5.10 Å². The minimum atomic E-state index is -0.713. The van der Waals surface area contributed by atoms with E-state index in [-0.39, 0.29) is 17.3 Å². The number of hydrogen-bond donors (Lipinski definition) is 0. The molecule has 1 fully saturated rings. The molecule has 0 aliphatic carbocycles. The molecule has 1 aromatic heterocycles. The Balaban J connectivity index is 1.25. The van der Waals surface area contributed by atoms with E-state index in [9.17, 15) is 23.2 Å². The molecule has 5 rings (SSSR count). The number of esters is 1. The van der Waals surface area contributed by atoms with Crippen LogP contribution in [0.25, 0.3) is 16.9 Å². The molecule has 0 N–H and O–H groups in total. The third-order valence-electron chi connectivity index (χ3n) is 6.97. The van der Waals surface area contributed by atoms with Gasteiger partial charge in [0, 0.05) is 43.5 Å². The number of carbonyl (C=O) groups excluding carboxylic acids is 3. The van der Waals surface area contributed by atoms with Gasteiger partial charge in [-0.15, -0.1) is 0 Å². The standard InChI is InChI=1S/C31H28F2N4O4/c1-20-4-3-5-23(16-20)30-26(18-37(34-30)25-9-7-24(32)8-10-25)31(40)41-19-29(39)36-14-12-35(13-15-36)28-11-6-22(21(2)38)17-27(28)33/h3-11,16-18H,12-15,19H2,1-2H3. The van der Waals surface area contributed by atoms with Gasteiger partial charge in [-0.2, -0.15) is 5.10 Å². The second-order valence-corrected chi connectivity index (χ2v) is 9.85. The summed E-state index contributed by atoms with van der Waals surface area (Å²) in [5.41, 5.74) is 3.45. The molecule has 1 aliphatic rings. The molecule has 0 bridgehead atoms. The Bertz CT molecular complexity index is 1610. The molecule has 1 saturated heterocycles. The minimum Gasteiger partial charge on any atom is -0.452 e. The summed E-state index contributed by atoms with van der Waals surface area (Å²) in [5, 5.41) is 4.56. The molecular weight excluding hydrogens is 530 g/mol. The molecule has 4 aromatic rings. The molecule has 210 valence electrons. The number of Topliss-reactive ketones (excluding diaryl/α,β-unsaturated/α-hetero) is 1. The van der Waals surface area contributed by atoms with Crippen molar-refractivity contribution in [3.8, 4) is 16.9 Å². The molecule has 0 atom stereocenters. The molecule has 8 nitrogen and oxygen atoms in total. The maximum atomic E-state index is 14.6. The highest BCUT2D eigenvalue weighted by Gasteiger charge is 2.26. The number of amides is 1. The van der Waals surface area contributed by atoms with Crippen LogP contribution in [0.2, 0.25) is 0 Å². The van der Waals surface area contributed by atoms with Crippen molar-refractivity contribution in [2.75, 3.05) is 37.7 Å². The lowest BCUT2D eigenvalue weighted by molar-refractivity contribution is -0.134. The van der Waals surface area contributed by atoms with E-state index in [4.69, 9.17) is 4.74 Å². The zero-order valence-corrected chi connectivity index (χ0v) is 22.6. The first-order valence-corrected chi connectivity index (χ1v) is 13.1. The van der Waals surface area contributed by atoms with Crippen molar-refractivity contribution in [1.82, 2.24) is 14.7 Å². The molecule has 0 unspecified atom stereocenters. The Kier molecular flexibility index (Phi) is 7.91. The second kappa shape index (κ2) is 11.7. The summed E-state index contributed by atoms with van der Waals surface area (Å²) < 4.78 is 34.9.